The van der Waals surface area contributed by atoms with Gasteiger partial charge in [-0.2, -0.15) is 20.5 Å². The highest BCUT2D eigenvalue weighted by Gasteiger charge is 2.29. The van der Waals surface area contributed by atoms with E-state index in [2.05, 4.69) is 25.5 Å². The summed E-state index contributed by atoms with van der Waals surface area (Å²) in [6.07, 6.45) is 1.27. The lowest BCUT2D eigenvalue weighted by Gasteiger charge is -2.25. The van der Waals surface area contributed by atoms with Crippen molar-refractivity contribution < 1.29 is 14.9 Å². The average molecular weight is 333 g/mol. The maximum atomic E-state index is 10.5. The number of fused-ring (bicyclic) bond motifs is 1. The van der Waals surface area contributed by atoms with Crippen molar-refractivity contribution in [1.82, 2.24) is 30.0 Å². The minimum absolute atomic E-state index is 0.293. The summed E-state index contributed by atoms with van der Waals surface area (Å²) in [5.74, 6) is -0.0917. The van der Waals surface area contributed by atoms with Gasteiger partial charge in [-0.3, -0.25) is 0 Å². The van der Waals surface area contributed by atoms with E-state index in [0.717, 1.165) is 0 Å². The van der Waals surface area contributed by atoms with Gasteiger partial charge in [0.25, 0.3) is 0 Å². The summed E-state index contributed by atoms with van der Waals surface area (Å²) < 4.78 is 6.74. The number of nitrogens with one attached hydrogen (secondary N) is 1. The van der Waals surface area contributed by atoms with Crippen molar-refractivity contribution in [2.24, 2.45) is 0 Å². The molecule has 0 spiro atoms. The van der Waals surface area contributed by atoms with Gasteiger partial charge in [0.15, 0.2) is 5.82 Å². The van der Waals surface area contributed by atoms with E-state index in [1.165, 1.54) is 13.4 Å². The molecule has 0 saturated heterocycles. The molecule has 5 N–H and O–H groups in total. The maximum absolute atomic E-state index is 10.5. The van der Waals surface area contributed by atoms with Gasteiger partial charge >= 0.3 is 0 Å². The molecule has 0 aliphatic heterocycles. The number of methoxy groups -OCH3 is 1. The molecule has 0 aromatic carbocycles. The van der Waals surface area contributed by atoms with Gasteiger partial charge in [0.2, 0.25) is 0 Å². The predicted octanol–water partition coefficient (Wildman–Crippen LogP) is -0.432. The largest absolute Gasteiger partial charge is 0.394 e. The number of nitrogens with two attached hydrogens (primary N) is 1. The average Bonchev–Trinajstić information content (AvgIpc) is 3.23. The van der Waals surface area contributed by atoms with Crippen LogP contribution in [0.1, 0.15) is 18.5 Å². The van der Waals surface area contributed by atoms with Crippen molar-refractivity contribution in [3.63, 3.8) is 0 Å². The van der Waals surface area contributed by atoms with Crippen LogP contribution in [0.25, 0.3) is 16.8 Å². The minimum atomic E-state index is -0.931. The molecule has 3 heterocycles. The van der Waals surface area contributed by atoms with Crippen LogP contribution in [0.3, 0.4) is 0 Å². The fourth-order valence-electron chi connectivity index (χ4n) is 2.76. The Bertz CT molecular complexity index is 813. The molecule has 0 fully saturated rings. The van der Waals surface area contributed by atoms with E-state index in [9.17, 15) is 10.2 Å². The molecule has 0 aliphatic carbocycles. The molecule has 0 bridgehead atoms. The highest BCUT2D eigenvalue weighted by molar-refractivity contribution is 5.86. The van der Waals surface area contributed by atoms with Gasteiger partial charge in [0, 0.05) is 24.3 Å². The third-order valence-electron chi connectivity index (χ3n) is 4.14. The van der Waals surface area contributed by atoms with E-state index in [1.54, 1.807) is 10.7 Å². The highest BCUT2D eigenvalue weighted by atomic mass is 16.5. The van der Waals surface area contributed by atoms with Crippen molar-refractivity contribution in [1.29, 1.82) is 0 Å². The number of aliphatic hydroxyl groups excluding tert-OH is 2. The number of rotatable bonds is 6. The second kappa shape index (κ2) is 6.51. The lowest BCUT2D eigenvalue weighted by Crippen LogP contribution is -2.35. The van der Waals surface area contributed by atoms with Crippen molar-refractivity contribution in [2.45, 2.75) is 25.0 Å². The summed E-state index contributed by atoms with van der Waals surface area (Å²) in [5, 5.41) is 34.5. The van der Waals surface area contributed by atoms with E-state index in [1.807, 2.05) is 13.0 Å². The quantitative estimate of drug-likeness (QED) is 0.475. The Morgan fingerprint density at radius 1 is 1.46 bits per heavy atom. The topological polar surface area (TPSA) is 147 Å². The van der Waals surface area contributed by atoms with E-state index >= 15 is 0 Å². The van der Waals surface area contributed by atoms with Gasteiger partial charge in [-0.25, -0.2) is 9.50 Å². The number of hydrogen-bond acceptors (Lipinski definition) is 8. The van der Waals surface area contributed by atoms with Crippen LogP contribution >= 0.6 is 0 Å². The summed E-state index contributed by atoms with van der Waals surface area (Å²) in [5.41, 5.74) is 8.58. The Morgan fingerprint density at radius 3 is 2.88 bits per heavy atom. The number of aromatic nitrogens is 6. The third kappa shape index (κ3) is 2.60. The maximum Gasteiger partial charge on any atom is 0.152 e. The first kappa shape index (κ1) is 16.3. The van der Waals surface area contributed by atoms with Crippen LogP contribution in [0.2, 0.25) is 0 Å². The number of nitrogens with zero attached hydrogens (tertiary/aromatic N) is 5. The normalized spacial score (nSPS) is 15.5. The first-order valence-corrected chi connectivity index (χ1v) is 7.38. The number of H-pyrrole nitrogens is 1. The Hall–Kier alpha value is -2.56. The lowest BCUT2D eigenvalue weighted by atomic mass is 9.96. The monoisotopic (exact) mass is 333 g/mol. The van der Waals surface area contributed by atoms with E-state index in [-0.39, 0.29) is 12.5 Å². The van der Waals surface area contributed by atoms with Crippen LogP contribution in [0.5, 0.6) is 0 Å². The van der Waals surface area contributed by atoms with Gasteiger partial charge in [-0.05, 0) is 6.07 Å². The van der Waals surface area contributed by atoms with Gasteiger partial charge in [-0.1, -0.05) is 6.92 Å². The molecule has 0 unspecified atom stereocenters. The second-order valence-corrected chi connectivity index (χ2v) is 5.48. The van der Waals surface area contributed by atoms with Crippen molar-refractivity contribution in [2.75, 3.05) is 19.5 Å². The molecule has 0 radical (unpaired) electrons. The van der Waals surface area contributed by atoms with Gasteiger partial charge < -0.3 is 20.7 Å². The predicted molar refractivity (Wildman–Crippen MR) is 85.1 cm³/mol. The van der Waals surface area contributed by atoms with E-state index in [4.69, 9.17) is 10.5 Å². The summed E-state index contributed by atoms with van der Waals surface area (Å²) in [4.78, 5) is 4.02. The second-order valence-electron chi connectivity index (χ2n) is 5.48. The van der Waals surface area contributed by atoms with Crippen molar-refractivity contribution >= 4 is 11.3 Å². The van der Waals surface area contributed by atoms with E-state index < -0.39 is 12.2 Å². The van der Waals surface area contributed by atoms with Crippen molar-refractivity contribution in [3.8, 4) is 11.3 Å². The smallest absolute Gasteiger partial charge is 0.152 e. The number of aliphatic hydroxyl groups is 2. The lowest BCUT2D eigenvalue weighted by molar-refractivity contribution is -0.0502. The molecule has 24 heavy (non-hydrogen) atoms. The first-order valence-electron chi connectivity index (χ1n) is 7.38. The number of nitrogen functional groups attached to an aromatic ring is 1. The first-order chi connectivity index (χ1) is 11.6. The van der Waals surface area contributed by atoms with Crippen molar-refractivity contribution in [3.05, 3.63) is 24.3 Å². The summed E-state index contributed by atoms with van der Waals surface area (Å²) in [6, 6.07) is 1.83. The number of anilines is 1. The molecule has 10 nitrogen and oxygen atoms in total. The molecule has 0 aliphatic rings. The van der Waals surface area contributed by atoms with Gasteiger partial charge in [0.05, 0.1) is 18.9 Å². The Kier molecular flexibility index (Phi) is 4.42. The third-order valence-corrected chi connectivity index (χ3v) is 4.14. The van der Waals surface area contributed by atoms with Gasteiger partial charge in [-0.15, -0.1) is 0 Å². The molecule has 3 rings (SSSR count). The number of ether oxygens (including phenoxy) is 1. The molecule has 3 aromatic rings. The molecule has 0 saturated carbocycles. The van der Waals surface area contributed by atoms with Crippen LogP contribution in [0.15, 0.2) is 18.6 Å². The molecular weight excluding hydrogens is 314 g/mol. The van der Waals surface area contributed by atoms with Gasteiger partial charge in [0.1, 0.15) is 23.6 Å². The standard InChI is InChI=1S/C14H19N7O3/c1-7(13(23)11(5-22)24-2)10-3-8(9-4-17-20-19-9)12-14(15)16-6-18-21(10)12/h3-4,6-7,11,13,22-23H,5H2,1-2H3,(H2,15,16,18)(H,17,19,20)/t7-,11-,13+/m1/s1. The van der Waals surface area contributed by atoms with Crippen LogP contribution in [-0.4, -0.2) is 66.1 Å². The Morgan fingerprint density at radius 2 is 2.25 bits per heavy atom. The summed E-state index contributed by atoms with van der Waals surface area (Å²) in [6.45, 7) is 1.53. The molecular formula is C14H19N7O3. The zero-order chi connectivity index (χ0) is 17.3. The number of hydrogen-bond donors (Lipinski definition) is 4. The Balaban J connectivity index is 2.14. The SMILES string of the molecule is CO[C@H](CO)[C@@H](O)[C@H](C)c1cc(-c2cn[nH]n2)c2c(N)ncnn12. The van der Waals surface area contributed by atoms with Crippen LogP contribution < -0.4 is 5.73 Å². The van der Waals surface area contributed by atoms with E-state index in [0.29, 0.717) is 28.3 Å². The zero-order valence-electron chi connectivity index (χ0n) is 13.3. The number of aromatic amines is 1. The van der Waals surface area contributed by atoms with Crippen LogP contribution in [-0.2, 0) is 4.74 Å². The van der Waals surface area contributed by atoms with Crippen LogP contribution in [0.4, 0.5) is 5.82 Å². The summed E-state index contributed by atoms with van der Waals surface area (Å²) in [7, 11) is 1.44. The Labute approximate surface area is 137 Å². The summed E-state index contributed by atoms with van der Waals surface area (Å²) >= 11 is 0. The fourth-order valence-corrected chi connectivity index (χ4v) is 2.76. The molecule has 0 amide bonds. The van der Waals surface area contributed by atoms with Crippen LogP contribution in [0, 0.1) is 0 Å². The minimum Gasteiger partial charge on any atom is -0.394 e. The highest BCUT2D eigenvalue weighted by Crippen LogP contribution is 2.33. The molecule has 3 aromatic heterocycles. The molecule has 10 heteroatoms. The zero-order valence-corrected chi connectivity index (χ0v) is 13.3. The molecule has 128 valence electrons. The molecule has 3 atom stereocenters. The fraction of sp³-hybridized carbons (Fsp3) is 0.429.